The van der Waals surface area contributed by atoms with Crippen molar-refractivity contribution in [1.29, 1.82) is 0 Å². The van der Waals surface area contributed by atoms with Crippen molar-refractivity contribution in [2.45, 2.75) is 0 Å². The summed E-state index contributed by atoms with van der Waals surface area (Å²) in [5.74, 6) is 2.53. The van der Waals surface area contributed by atoms with Gasteiger partial charge in [0.25, 0.3) is 0 Å². The van der Waals surface area contributed by atoms with E-state index in [1.807, 2.05) is 18.3 Å². The number of aromatic nitrogens is 1. The van der Waals surface area contributed by atoms with Crippen LogP contribution < -0.4 is 5.32 Å². The molecule has 0 unspecified atom stereocenters. The van der Waals surface area contributed by atoms with Crippen LogP contribution in [0, 0.1) is 12.3 Å². The molecule has 2 aromatic rings. The monoisotopic (exact) mass is 188 g/mol. The molecule has 0 saturated heterocycles. The van der Waals surface area contributed by atoms with E-state index in [1.165, 1.54) is 16.2 Å². The number of terminal acetylenes is 1. The first-order valence-corrected chi connectivity index (χ1v) is 4.69. The molecule has 0 bridgehead atoms. The van der Waals surface area contributed by atoms with Crippen LogP contribution in [-0.2, 0) is 0 Å². The number of nitrogens with one attached hydrogen (secondary N) is 1. The lowest BCUT2D eigenvalue weighted by molar-refractivity contribution is 1.39. The smallest absolute Gasteiger partial charge is 0.0763 e. The van der Waals surface area contributed by atoms with Gasteiger partial charge in [0.05, 0.1) is 11.2 Å². The Morgan fingerprint density at radius 3 is 3.31 bits per heavy atom. The van der Waals surface area contributed by atoms with Gasteiger partial charge in [0.2, 0.25) is 0 Å². The lowest BCUT2D eigenvalue weighted by Gasteiger charge is -2.00. The molecule has 0 spiro atoms. The first-order chi connectivity index (χ1) is 6.40. The fraction of sp³-hybridized carbons (Fsp3) is 0.100. The molecule has 0 atom stereocenters. The third-order valence-electron chi connectivity index (χ3n) is 1.75. The van der Waals surface area contributed by atoms with Crippen molar-refractivity contribution < 1.29 is 0 Å². The lowest BCUT2D eigenvalue weighted by atomic mass is 10.2. The summed E-state index contributed by atoms with van der Waals surface area (Å²) in [7, 11) is 0. The van der Waals surface area contributed by atoms with Crippen molar-refractivity contribution in [3.05, 3.63) is 24.4 Å². The van der Waals surface area contributed by atoms with Gasteiger partial charge in [-0.05, 0) is 29.7 Å². The van der Waals surface area contributed by atoms with E-state index < -0.39 is 0 Å². The van der Waals surface area contributed by atoms with Crippen LogP contribution in [0.2, 0.25) is 0 Å². The molecule has 1 heterocycles. The summed E-state index contributed by atoms with van der Waals surface area (Å²) in [4.78, 5) is 0. The summed E-state index contributed by atoms with van der Waals surface area (Å²) >= 11 is 1.50. The lowest BCUT2D eigenvalue weighted by Crippen LogP contribution is -1.97. The van der Waals surface area contributed by atoms with E-state index in [2.05, 4.69) is 21.7 Å². The number of hydrogen-bond donors (Lipinski definition) is 1. The Morgan fingerprint density at radius 2 is 2.46 bits per heavy atom. The van der Waals surface area contributed by atoms with E-state index in [9.17, 15) is 0 Å². The average Bonchev–Trinajstić information content (AvgIpc) is 2.61. The fourth-order valence-electron chi connectivity index (χ4n) is 1.14. The van der Waals surface area contributed by atoms with Crippen molar-refractivity contribution in [3.8, 4) is 12.3 Å². The molecule has 0 fully saturated rings. The van der Waals surface area contributed by atoms with Crippen molar-refractivity contribution in [2.75, 3.05) is 11.9 Å². The standard InChI is InChI=1S/C10H8N2S/c1-2-5-11-9-3-4-10-8(6-9)7-12-13-10/h1,3-4,6-7,11H,5H2. The Bertz CT molecular complexity index is 453. The van der Waals surface area contributed by atoms with Gasteiger partial charge in [0.1, 0.15) is 0 Å². The molecule has 1 aromatic heterocycles. The average molecular weight is 188 g/mol. The van der Waals surface area contributed by atoms with E-state index in [4.69, 9.17) is 6.42 Å². The highest BCUT2D eigenvalue weighted by atomic mass is 32.1. The first kappa shape index (κ1) is 8.09. The highest BCUT2D eigenvalue weighted by molar-refractivity contribution is 7.13. The summed E-state index contributed by atoms with van der Waals surface area (Å²) in [5, 5.41) is 4.28. The number of benzene rings is 1. The Kier molecular flexibility index (Phi) is 2.15. The molecule has 1 N–H and O–H groups in total. The molecule has 3 heteroatoms. The topological polar surface area (TPSA) is 24.9 Å². The summed E-state index contributed by atoms with van der Waals surface area (Å²) in [6.45, 7) is 0.559. The minimum atomic E-state index is 0.559. The second kappa shape index (κ2) is 3.46. The van der Waals surface area contributed by atoms with Crippen LogP contribution in [0.1, 0.15) is 0 Å². The van der Waals surface area contributed by atoms with E-state index in [0.29, 0.717) is 6.54 Å². The zero-order chi connectivity index (χ0) is 9.10. The van der Waals surface area contributed by atoms with E-state index in [1.54, 1.807) is 0 Å². The number of anilines is 1. The van der Waals surface area contributed by atoms with E-state index in [-0.39, 0.29) is 0 Å². The molecule has 0 aliphatic carbocycles. The van der Waals surface area contributed by atoms with Crippen LogP contribution in [0.5, 0.6) is 0 Å². The minimum Gasteiger partial charge on any atom is -0.374 e. The number of hydrogen-bond acceptors (Lipinski definition) is 3. The first-order valence-electron chi connectivity index (χ1n) is 3.92. The molecule has 1 aromatic carbocycles. The fourth-order valence-corrected chi connectivity index (χ4v) is 1.76. The maximum atomic E-state index is 5.15. The molecule has 0 aliphatic rings. The summed E-state index contributed by atoms with van der Waals surface area (Å²) in [6, 6.07) is 6.11. The SMILES string of the molecule is C#CCNc1ccc2sncc2c1. The highest BCUT2D eigenvalue weighted by Gasteiger charge is 1.96. The minimum absolute atomic E-state index is 0.559. The zero-order valence-electron chi connectivity index (χ0n) is 6.95. The van der Waals surface area contributed by atoms with Gasteiger partial charge < -0.3 is 5.32 Å². The molecule has 0 amide bonds. The van der Waals surface area contributed by atoms with Crippen LogP contribution in [0.3, 0.4) is 0 Å². The predicted octanol–water partition coefficient (Wildman–Crippen LogP) is 2.34. The predicted molar refractivity (Wildman–Crippen MR) is 56.9 cm³/mol. The zero-order valence-corrected chi connectivity index (χ0v) is 7.77. The molecular formula is C10H8N2S. The number of fused-ring (bicyclic) bond motifs is 1. The van der Waals surface area contributed by atoms with Gasteiger partial charge in [-0.3, -0.25) is 0 Å². The highest BCUT2D eigenvalue weighted by Crippen LogP contribution is 2.21. The third-order valence-corrected chi connectivity index (χ3v) is 2.53. The summed E-state index contributed by atoms with van der Waals surface area (Å²) in [5.41, 5.74) is 1.05. The molecule has 2 rings (SSSR count). The van der Waals surface area contributed by atoms with E-state index >= 15 is 0 Å². The molecule has 2 nitrogen and oxygen atoms in total. The molecule has 13 heavy (non-hydrogen) atoms. The normalized spacial score (nSPS) is 9.77. The quantitative estimate of drug-likeness (QED) is 0.732. The van der Waals surface area contributed by atoms with Crippen LogP contribution in [-0.4, -0.2) is 10.9 Å². The van der Waals surface area contributed by atoms with Gasteiger partial charge in [0.15, 0.2) is 0 Å². The molecular weight excluding hydrogens is 180 g/mol. The largest absolute Gasteiger partial charge is 0.374 e. The van der Waals surface area contributed by atoms with Crippen molar-refractivity contribution in [1.82, 2.24) is 4.37 Å². The van der Waals surface area contributed by atoms with Gasteiger partial charge in [-0.25, -0.2) is 0 Å². The van der Waals surface area contributed by atoms with Gasteiger partial charge in [-0.15, -0.1) is 6.42 Å². The van der Waals surface area contributed by atoms with Crippen molar-refractivity contribution in [3.63, 3.8) is 0 Å². The summed E-state index contributed by atoms with van der Waals surface area (Å²) in [6.07, 6.45) is 7.01. The van der Waals surface area contributed by atoms with Gasteiger partial charge >= 0.3 is 0 Å². The Hall–Kier alpha value is -1.53. The van der Waals surface area contributed by atoms with Crippen molar-refractivity contribution in [2.24, 2.45) is 0 Å². The van der Waals surface area contributed by atoms with Gasteiger partial charge in [-0.1, -0.05) is 5.92 Å². The maximum absolute atomic E-state index is 5.15. The van der Waals surface area contributed by atoms with Crippen LogP contribution in [0.4, 0.5) is 5.69 Å². The molecule has 0 saturated carbocycles. The second-order valence-electron chi connectivity index (χ2n) is 2.64. The van der Waals surface area contributed by atoms with Gasteiger partial charge in [-0.2, -0.15) is 4.37 Å². The third kappa shape index (κ3) is 1.63. The van der Waals surface area contributed by atoms with Crippen LogP contribution in [0.15, 0.2) is 24.4 Å². The molecule has 0 radical (unpaired) electrons. The molecule has 64 valence electrons. The second-order valence-corrected chi connectivity index (χ2v) is 3.47. The Morgan fingerprint density at radius 1 is 1.54 bits per heavy atom. The van der Waals surface area contributed by atoms with Crippen LogP contribution in [0.25, 0.3) is 10.1 Å². The Balaban J connectivity index is 2.33. The van der Waals surface area contributed by atoms with E-state index in [0.717, 1.165) is 11.1 Å². The maximum Gasteiger partial charge on any atom is 0.0763 e. The van der Waals surface area contributed by atoms with Gasteiger partial charge in [0, 0.05) is 17.3 Å². The summed E-state index contributed by atoms with van der Waals surface area (Å²) < 4.78 is 5.30. The number of nitrogens with zero attached hydrogens (tertiary/aromatic N) is 1. The molecule has 0 aliphatic heterocycles. The van der Waals surface area contributed by atoms with Crippen LogP contribution >= 0.6 is 11.5 Å². The number of rotatable bonds is 2. The van der Waals surface area contributed by atoms with Crippen molar-refractivity contribution >= 4 is 27.3 Å². The Labute approximate surface area is 80.8 Å².